The van der Waals surface area contributed by atoms with Crippen molar-refractivity contribution < 1.29 is 9.59 Å². The van der Waals surface area contributed by atoms with Crippen LogP contribution in [-0.2, 0) is 9.59 Å². The molecule has 6 atom stereocenters. The summed E-state index contributed by atoms with van der Waals surface area (Å²) in [6.07, 6.45) is 11.5. The topological polar surface area (TPSA) is 58.2 Å². The number of rotatable bonds is 1. The molecule has 0 aromatic heterocycles. The van der Waals surface area contributed by atoms with Gasteiger partial charge in [0.05, 0.1) is 0 Å². The maximum atomic E-state index is 13.0. The molecule has 4 aliphatic rings. The summed E-state index contributed by atoms with van der Waals surface area (Å²) in [5.74, 6) is 2.11. The van der Waals surface area contributed by atoms with Crippen LogP contribution in [0.3, 0.4) is 0 Å². The van der Waals surface area contributed by atoms with Crippen molar-refractivity contribution in [3.8, 4) is 0 Å². The summed E-state index contributed by atoms with van der Waals surface area (Å²) in [7, 11) is 0. The van der Waals surface area contributed by atoms with E-state index in [0.29, 0.717) is 17.8 Å². The molecule has 3 aliphatic carbocycles. The zero-order valence-electron chi connectivity index (χ0n) is 17.4. The van der Waals surface area contributed by atoms with Gasteiger partial charge in [0.2, 0.25) is 11.8 Å². The van der Waals surface area contributed by atoms with Gasteiger partial charge in [-0.25, -0.2) is 0 Å². The van der Waals surface area contributed by atoms with Crippen LogP contribution in [-0.4, -0.2) is 17.4 Å². The lowest BCUT2D eigenvalue weighted by molar-refractivity contribution is -0.133. The van der Waals surface area contributed by atoms with Gasteiger partial charge in [0.15, 0.2) is 0 Å². The number of fused-ring (bicyclic) bond motifs is 5. The molecule has 0 radical (unpaired) electrons. The van der Waals surface area contributed by atoms with Crippen molar-refractivity contribution in [2.45, 2.75) is 72.3 Å². The van der Waals surface area contributed by atoms with Gasteiger partial charge in [0.1, 0.15) is 0 Å². The summed E-state index contributed by atoms with van der Waals surface area (Å²) in [6.45, 7) is 10.8. The fourth-order valence-corrected chi connectivity index (χ4v) is 6.74. The van der Waals surface area contributed by atoms with E-state index in [9.17, 15) is 9.59 Å². The van der Waals surface area contributed by atoms with Crippen LogP contribution in [0.15, 0.2) is 23.9 Å². The molecule has 1 aliphatic heterocycles. The van der Waals surface area contributed by atoms with Gasteiger partial charge < -0.3 is 10.6 Å². The molecule has 0 aromatic rings. The Balaban J connectivity index is 1.60. The second-order valence-electron chi connectivity index (χ2n) is 10.7. The minimum atomic E-state index is -0.177. The van der Waals surface area contributed by atoms with E-state index < -0.39 is 0 Å². The van der Waals surface area contributed by atoms with Gasteiger partial charge in [-0.05, 0) is 76.0 Å². The Morgan fingerprint density at radius 2 is 1.93 bits per heavy atom. The van der Waals surface area contributed by atoms with E-state index in [-0.39, 0.29) is 34.1 Å². The summed E-state index contributed by atoms with van der Waals surface area (Å²) in [4.78, 5) is 24.8. The third kappa shape index (κ3) is 2.87. The molecule has 6 unspecified atom stereocenters. The van der Waals surface area contributed by atoms with E-state index in [1.807, 2.05) is 0 Å². The molecule has 2 fully saturated rings. The van der Waals surface area contributed by atoms with E-state index >= 15 is 0 Å². The molecular formula is C23H34N2O2. The van der Waals surface area contributed by atoms with Crippen molar-refractivity contribution in [2.75, 3.05) is 0 Å². The highest BCUT2D eigenvalue weighted by molar-refractivity contribution is 5.90. The van der Waals surface area contributed by atoms with Gasteiger partial charge in [-0.15, -0.1) is 0 Å². The summed E-state index contributed by atoms with van der Waals surface area (Å²) in [6, 6.07) is 0. The number of allylic oxidation sites excluding steroid dienone is 2. The molecule has 4 heteroatoms. The average molecular weight is 371 g/mol. The predicted molar refractivity (Wildman–Crippen MR) is 107 cm³/mol. The Morgan fingerprint density at radius 1 is 1.19 bits per heavy atom. The Labute approximate surface area is 163 Å². The van der Waals surface area contributed by atoms with E-state index in [2.05, 4.69) is 57.4 Å². The normalized spacial score (nSPS) is 43.1. The Morgan fingerprint density at radius 3 is 2.63 bits per heavy atom. The van der Waals surface area contributed by atoms with E-state index in [1.165, 1.54) is 0 Å². The van der Waals surface area contributed by atoms with Crippen LogP contribution in [0.1, 0.15) is 66.7 Å². The molecule has 27 heavy (non-hydrogen) atoms. The number of carbonyl (C=O) groups is 2. The molecule has 4 nitrogen and oxygen atoms in total. The molecule has 0 saturated heterocycles. The van der Waals surface area contributed by atoms with Gasteiger partial charge in [-0.1, -0.05) is 26.0 Å². The van der Waals surface area contributed by atoms with E-state index in [0.717, 1.165) is 37.8 Å². The van der Waals surface area contributed by atoms with Crippen LogP contribution in [0.5, 0.6) is 0 Å². The highest BCUT2D eigenvalue weighted by atomic mass is 16.2. The minimum Gasteiger partial charge on any atom is -0.351 e. The van der Waals surface area contributed by atoms with Crippen LogP contribution in [0, 0.1) is 34.5 Å². The summed E-state index contributed by atoms with van der Waals surface area (Å²) in [5, 5.41) is 6.32. The molecule has 0 bridgehead atoms. The molecule has 2 saturated carbocycles. The molecule has 2 amide bonds. The monoisotopic (exact) mass is 370 g/mol. The molecule has 2 N–H and O–H groups in total. The quantitative estimate of drug-likeness (QED) is 0.734. The number of hydrogen-bond acceptors (Lipinski definition) is 2. The molecule has 4 rings (SSSR count). The molecule has 0 aromatic carbocycles. The SMILES string of the molecule is CC(C)(C)NC(=O)C1CCC2C3CC=C4NC(=O)C=CC4(C)C3CCC12C. The second-order valence-corrected chi connectivity index (χ2v) is 10.7. The first-order chi connectivity index (χ1) is 12.5. The third-order valence-corrected chi connectivity index (χ3v) is 8.04. The lowest BCUT2D eigenvalue weighted by Crippen LogP contribution is -2.53. The summed E-state index contributed by atoms with van der Waals surface area (Å²) in [5.41, 5.74) is 0.952. The third-order valence-electron chi connectivity index (χ3n) is 8.04. The highest BCUT2D eigenvalue weighted by Gasteiger charge is 2.59. The first-order valence-corrected chi connectivity index (χ1v) is 10.6. The first-order valence-electron chi connectivity index (χ1n) is 10.6. The second kappa shape index (κ2) is 5.96. The standard InChI is InChI=1S/C23H34N2O2/c1-21(2,3)25-20(27)17-8-7-15-14-6-9-18-23(5,13-11-19(26)24-18)16(14)10-12-22(15,17)4/h9,11,13-17H,6-8,10,12H2,1-5H3,(H,24,26)(H,25,27). The fraction of sp³-hybridized carbons (Fsp3) is 0.739. The molecule has 1 heterocycles. The molecule has 0 spiro atoms. The van der Waals surface area contributed by atoms with E-state index in [4.69, 9.17) is 0 Å². The van der Waals surface area contributed by atoms with Crippen molar-refractivity contribution >= 4 is 11.8 Å². The largest absolute Gasteiger partial charge is 0.351 e. The summed E-state index contributed by atoms with van der Waals surface area (Å²) >= 11 is 0. The van der Waals surface area contributed by atoms with Crippen LogP contribution in [0.2, 0.25) is 0 Å². The van der Waals surface area contributed by atoms with Crippen molar-refractivity contribution in [2.24, 2.45) is 34.5 Å². The van der Waals surface area contributed by atoms with Crippen LogP contribution in [0.25, 0.3) is 0 Å². The van der Waals surface area contributed by atoms with Gasteiger partial charge in [-0.3, -0.25) is 9.59 Å². The lowest BCUT2D eigenvalue weighted by atomic mass is 9.50. The fourth-order valence-electron chi connectivity index (χ4n) is 6.74. The van der Waals surface area contributed by atoms with E-state index in [1.54, 1.807) is 6.08 Å². The molecular weight excluding hydrogens is 336 g/mol. The maximum Gasteiger partial charge on any atom is 0.247 e. The number of amides is 2. The van der Waals surface area contributed by atoms with Crippen molar-refractivity contribution in [3.63, 3.8) is 0 Å². The van der Waals surface area contributed by atoms with Gasteiger partial charge in [-0.2, -0.15) is 0 Å². The lowest BCUT2D eigenvalue weighted by Gasteiger charge is -2.56. The molecule has 148 valence electrons. The first kappa shape index (κ1) is 18.8. The average Bonchev–Trinajstić information content (AvgIpc) is 2.91. The Hall–Kier alpha value is -1.58. The number of carbonyl (C=O) groups excluding carboxylic acids is 2. The van der Waals surface area contributed by atoms with Crippen molar-refractivity contribution in [1.29, 1.82) is 0 Å². The zero-order chi connectivity index (χ0) is 19.6. The predicted octanol–water partition coefficient (Wildman–Crippen LogP) is 3.94. The van der Waals surface area contributed by atoms with Crippen LogP contribution in [0.4, 0.5) is 0 Å². The van der Waals surface area contributed by atoms with Gasteiger partial charge in [0, 0.05) is 28.6 Å². The van der Waals surface area contributed by atoms with Gasteiger partial charge >= 0.3 is 0 Å². The van der Waals surface area contributed by atoms with Crippen molar-refractivity contribution in [1.82, 2.24) is 10.6 Å². The minimum absolute atomic E-state index is 0.00222. The maximum absolute atomic E-state index is 13.0. The smallest absolute Gasteiger partial charge is 0.247 e. The Bertz CT molecular complexity index is 731. The summed E-state index contributed by atoms with van der Waals surface area (Å²) < 4.78 is 0. The number of nitrogens with one attached hydrogen (secondary N) is 2. The van der Waals surface area contributed by atoms with Crippen LogP contribution < -0.4 is 10.6 Å². The van der Waals surface area contributed by atoms with Crippen molar-refractivity contribution in [3.05, 3.63) is 23.9 Å². The van der Waals surface area contributed by atoms with Crippen LogP contribution >= 0.6 is 0 Å². The van der Waals surface area contributed by atoms with Gasteiger partial charge in [0.25, 0.3) is 0 Å². The zero-order valence-corrected chi connectivity index (χ0v) is 17.4. The Kier molecular flexibility index (Phi) is 4.14. The number of hydrogen-bond donors (Lipinski definition) is 2. The highest BCUT2D eigenvalue weighted by Crippen LogP contribution is 2.64.